The van der Waals surface area contributed by atoms with Crippen LogP contribution in [-0.4, -0.2) is 17.6 Å². The van der Waals surface area contributed by atoms with Crippen LogP contribution in [0.2, 0.25) is 0 Å². The van der Waals surface area contributed by atoms with Gasteiger partial charge in [-0.25, -0.2) is 4.99 Å². The van der Waals surface area contributed by atoms with Crippen LogP contribution in [0.15, 0.2) is 47.6 Å². The average molecular weight is 296 g/mol. The van der Waals surface area contributed by atoms with Crippen molar-refractivity contribution in [1.29, 1.82) is 0 Å². The summed E-state index contributed by atoms with van der Waals surface area (Å²) < 4.78 is 5.65. The van der Waals surface area contributed by atoms with Gasteiger partial charge in [-0.3, -0.25) is 4.98 Å². The maximum Gasteiger partial charge on any atom is 0.189 e. The predicted octanol–water partition coefficient (Wildman–Crippen LogP) is 2.32. The van der Waals surface area contributed by atoms with Crippen molar-refractivity contribution in [3.63, 3.8) is 0 Å². The van der Waals surface area contributed by atoms with Gasteiger partial charge in [-0.2, -0.15) is 0 Å². The molecule has 22 heavy (non-hydrogen) atoms. The SMILES string of the molecule is Cc1ccnc(CN=C(N)NC2CCOc3ccccc32)c1. The number of pyridine rings is 1. The van der Waals surface area contributed by atoms with Gasteiger partial charge in [0.05, 0.1) is 24.9 Å². The van der Waals surface area contributed by atoms with Gasteiger partial charge >= 0.3 is 0 Å². The van der Waals surface area contributed by atoms with Crippen molar-refractivity contribution < 1.29 is 4.74 Å². The second-order valence-electron chi connectivity index (χ2n) is 5.40. The lowest BCUT2D eigenvalue weighted by Gasteiger charge is -2.26. The van der Waals surface area contributed by atoms with E-state index in [9.17, 15) is 0 Å². The van der Waals surface area contributed by atoms with Crippen LogP contribution in [-0.2, 0) is 6.54 Å². The first-order valence-corrected chi connectivity index (χ1v) is 7.42. The Morgan fingerprint density at radius 2 is 2.27 bits per heavy atom. The van der Waals surface area contributed by atoms with Crippen LogP contribution < -0.4 is 15.8 Å². The minimum absolute atomic E-state index is 0.138. The summed E-state index contributed by atoms with van der Waals surface area (Å²) in [5, 5.41) is 3.28. The topological polar surface area (TPSA) is 72.5 Å². The molecule has 0 spiro atoms. The number of para-hydroxylation sites is 1. The van der Waals surface area contributed by atoms with Crippen LogP contribution in [0.1, 0.15) is 29.3 Å². The van der Waals surface area contributed by atoms with E-state index in [0.29, 0.717) is 19.1 Å². The number of aromatic nitrogens is 1. The molecule has 0 saturated heterocycles. The van der Waals surface area contributed by atoms with Gasteiger partial charge in [-0.15, -0.1) is 0 Å². The summed E-state index contributed by atoms with van der Waals surface area (Å²) in [5.41, 5.74) is 9.23. The summed E-state index contributed by atoms with van der Waals surface area (Å²) in [4.78, 5) is 8.67. The van der Waals surface area contributed by atoms with Crippen LogP contribution in [0, 0.1) is 6.92 Å². The second kappa shape index (κ2) is 6.47. The zero-order chi connectivity index (χ0) is 15.4. The molecule has 1 unspecified atom stereocenters. The molecule has 114 valence electrons. The number of rotatable bonds is 3. The van der Waals surface area contributed by atoms with Gasteiger partial charge < -0.3 is 15.8 Å². The van der Waals surface area contributed by atoms with Crippen molar-refractivity contribution in [3.05, 3.63) is 59.4 Å². The number of nitrogens with zero attached hydrogens (tertiary/aromatic N) is 2. The van der Waals surface area contributed by atoms with E-state index in [4.69, 9.17) is 10.5 Å². The van der Waals surface area contributed by atoms with E-state index >= 15 is 0 Å². The Labute approximate surface area is 130 Å². The standard InChI is InChI=1S/C17H20N4O/c1-12-6-8-19-13(10-12)11-20-17(18)21-15-7-9-22-16-5-3-2-4-14(15)16/h2-6,8,10,15H,7,9,11H2,1H3,(H3,18,20,21). The first kappa shape index (κ1) is 14.4. The van der Waals surface area contributed by atoms with E-state index < -0.39 is 0 Å². The minimum Gasteiger partial charge on any atom is -0.493 e. The number of aryl methyl sites for hydroxylation is 1. The Morgan fingerprint density at radius 3 is 3.14 bits per heavy atom. The number of nitrogens with two attached hydrogens (primary N) is 1. The fourth-order valence-corrected chi connectivity index (χ4v) is 2.57. The molecule has 3 N–H and O–H groups in total. The molecule has 1 aromatic heterocycles. The molecule has 0 amide bonds. The van der Waals surface area contributed by atoms with Crippen LogP contribution in [0.3, 0.4) is 0 Å². The van der Waals surface area contributed by atoms with Crippen molar-refractivity contribution in [2.45, 2.75) is 25.9 Å². The normalized spacial score (nSPS) is 17.5. The quantitative estimate of drug-likeness (QED) is 0.673. The fourth-order valence-electron chi connectivity index (χ4n) is 2.57. The summed E-state index contributed by atoms with van der Waals surface area (Å²) in [6.45, 7) is 3.20. The molecule has 0 aliphatic carbocycles. The van der Waals surface area contributed by atoms with Gasteiger partial charge in [-0.05, 0) is 30.7 Å². The highest BCUT2D eigenvalue weighted by Gasteiger charge is 2.21. The molecule has 0 saturated carbocycles. The molecule has 0 bridgehead atoms. The number of fused-ring (bicyclic) bond motifs is 1. The zero-order valence-electron chi connectivity index (χ0n) is 12.6. The largest absolute Gasteiger partial charge is 0.493 e. The third kappa shape index (κ3) is 3.36. The van der Waals surface area contributed by atoms with E-state index in [0.717, 1.165) is 23.4 Å². The van der Waals surface area contributed by atoms with Gasteiger partial charge in [0.15, 0.2) is 5.96 Å². The number of nitrogens with one attached hydrogen (secondary N) is 1. The lowest BCUT2D eigenvalue weighted by atomic mass is 10.0. The molecule has 0 fully saturated rings. The molecule has 2 aromatic rings. The Bertz CT molecular complexity index is 684. The van der Waals surface area contributed by atoms with Crippen molar-refractivity contribution >= 4 is 5.96 Å². The predicted molar refractivity (Wildman–Crippen MR) is 86.7 cm³/mol. The summed E-state index contributed by atoms with van der Waals surface area (Å²) in [6.07, 6.45) is 2.66. The molecule has 5 heteroatoms. The number of benzene rings is 1. The molecule has 3 rings (SSSR count). The second-order valence-corrected chi connectivity index (χ2v) is 5.40. The molecular formula is C17H20N4O. The summed E-state index contributed by atoms with van der Waals surface area (Å²) >= 11 is 0. The van der Waals surface area contributed by atoms with Gasteiger partial charge in [0.1, 0.15) is 5.75 Å². The number of aliphatic imine (C=N–C) groups is 1. The Hall–Kier alpha value is -2.56. The van der Waals surface area contributed by atoms with Gasteiger partial charge in [0.2, 0.25) is 0 Å². The first-order chi connectivity index (χ1) is 10.7. The monoisotopic (exact) mass is 296 g/mol. The van der Waals surface area contributed by atoms with E-state index in [1.807, 2.05) is 37.3 Å². The van der Waals surface area contributed by atoms with Gasteiger partial charge in [0, 0.05) is 18.2 Å². The number of hydrogen-bond acceptors (Lipinski definition) is 3. The lowest BCUT2D eigenvalue weighted by Crippen LogP contribution is -2.37. The highest BCUT2D eigenvalue weighted by atomic mass is 16.5. The number of ether oxygens (including phenoxy) is 1. The molecule has 1 aromatic carbocycles. The average Bonchev–Trinajstić information content (AvgIpc) is 2.53. The number of guanidine groups is 1. The van der Waals surface area contributed by atoms with E-state index in [-0.39, 0.29) is 6.04 Å². The van der Waals surface area contributed by atoms with E-state index in [1.54, 1.807) is 6.20 Å². The zero-order valence-corrected chi connectivity index (χ0v) is 12.6. The van der Waals surface area contributed by atoms with Crippen molar-refractivity contribution in [2.24, 2.45) is 10.7 Å². The minimum atomic E-state index is 0.138. The molecule has 2 heterocycles. The third-order valence-electron chi connectivity index (χ3n) is 3.66. The van der Waals surface area contributed by atoms with E-state index in [2.05, 4.69) is 21.4 Å². The molecule has 1 aliphatic heterocycles. The number of hydrogen-bond donors (Lipinski definition) is 2. The van der Waals surface area contributed by atoms with Crippen molar-refractivity contribution in [3.8, 4) is 5.75 Å². The summed E-state index contributed by atoms with van der Waals surface area (Å²) in [6, 6.07) is 12.1. The van der Waals surface area contributed by atoms with E-state index in [1.165, 1.54) is 5.56 Å². The molecule has 5 nitrogen and oxygen atoms in total. The van der Waals surface area contributed by atoms with Crippen molar-refractivity contribution in [2.75, 3.05) is 6.61 Å². The Morgan fingerprint density at radius 1 is 1.41 bits per heavy atom. The maximum atomic E-state index is 6.02. The molecular weight excluding hydrogens is 276 g/mol. The maximum absolute atomic E-state index is 6.02. The molecule has 0 radical (unpaired) electrons. The Kier molecular flexibility index (Phi) is 4.23. The van der Waals surface area contributed by atoms with Crippen LogP contribution >= 0.6 is 0 Å². The van der Waals surface area contributed by atoms with Gasteiger partial charge in [0.25, 0.3) is 0 Å². The third-order valence-corrected chi connectivity index (χ3v) is 3.66. The fraction of sp³-hybridized carbons (Fsp3) is 0.294. The lowest BCUT2D eigenvalue weighted by molar-refractivity contribution is 0.262. The molecule has 1 atom stereocenters. The van der Waals surface area contributed by atoms with Crippen LogP contribution in [0.5, 0.6) is 5.75 Å². The molecule has 1 aliphatic rings. The summed E-state index contributed by atoms with van der Waals surface area (Å²) in [5.74, 6) is 1.35. The van der Waals surface area contributed by atoms with Crippen LogP contribution in [0.4, 0.5) is 0 Å². The van der Waals surface area contributed by atoms with Crippen LogP contribution in [0.25, 0.3) is 0 Å². The first-order valence-electron chi connectivity index (χ1n) is 7.42. The Balaban J connectivity index is 1.67. The summed E-state index contributed by atoms with van der Waals surface area (Å²) in [7, 11) is 0. The van der Waals surface area contributed by atoms with Crippen molar-refractivity contribution in [1.82, 2.24) is 10.3 Å². The van der Waals surface area contributed by atoms with Gasteiger partial charge in [-0.1, -0.05) is 18.2 Å². The highest BCUT2D eigenvalue weighted by Crippen LogP contribution is 2.31. The highest BCUT2D eigenvalue weighted by molar-refractivity contribution is 5.78. The smallest absolute Gasteiger partial charge is 0.189 e.